The molecule has 0 radical (unpaired) electrons. The molecule has 4 nitrogen and oxygen atoms in total. The van der Waals surface area contributed by atoms with Crippen molar-refractivity contribution in [3.8, 4) is 5.75 Å². The van der Waals surface area contributed by atoms with Gasteiger partial charge < -0.3 is 15.2 Å². The first kappa shape index (κ1) is 13.9. The van der Waals surface area contributed by atoms with Crippen molar-refractivity contribution in [1.29, 1.82) is 0 Å². The average Bonchev–Trinajstić information content (AvgIpc) is 2.47. The standard InChI is InChI=1S/C16H17NO3/c17-14-8-4-5-9-15(14)20-12-16(18)19-11-10-13-6-2-1-3-7-13/h1-9H,10-12,17H2. The lowest BCUT2D eigenvalue weighted by molar-refractivity contribution is -0.145. The van der Waals surface area contributed by atoms with Crippen molar-refractivity contribution in [2.24, 2.45) is 0 Å². The largest absolute Gasteiger partial charge is 0.480 e. The second kappa shape index (κ2) is 7.19. The summed E-state index contributed by atoms with van der Waals surface area (Å²) in [5.74, 6) is 0.0942. The summed E-state index contributed by atoms with van der Waals surface area (Å²) in [5, 5.41) is 0. The number of ether oxygens (including phenoxy) is 2. The number of hydrogen-bond donors (Lipinski definition) is 1. The third-order valence-electron chi connectivity index (χ3n) is 2.76. The first-order chi connectivity index (χ1) is 9.75. The SMILES string of the molecule is Nc1ccccc1OCC(=O)OCCc1ccccc1. The van der Waals surface area contributed by atoms with E-state index in [1.165, 1.54) is 0 Å². The Morgan fingerprint density at radius 3 is 2.45 bits per heavy atom. The van der Waals surface area contributed by atoms with Gasteiger partial charge in [0, 0.05) is 6.42 Å². The number of rotatable bonds is 6. The Morgan fingerprint density at radius 1 is 1.00 bits per heavy atom. The molecule has 0 bridgehead atoms. The molecule has 2 aromatic rings. The van der Waals surface area contributed by atoms with Crippen LogP contribution in [0, 0.1) is 0 Å². The van der Waals surface area contributed by atoms with Gasteiger partial charge in [-0.25, -0.2) is 4.79 Å². The summed E-state index contributed by atoms with van der Waals surface area (Å²) in [6.45, 7) is 0.208. The molecule has 0 atom stereocenters. The molecule has 0 aromatic heterocycles. The van der Waals surface area contributed by atoms with Crippen LogP contribution in [0.15, 0.2) is 54.6 Å². The molecular weight excluding hydrogens is 254 g/mol. The van der Waals surface area contributed by atoms with Gasteiger partial charge in [0.1, 0.15) is 5.75 Å². The van der Waals surface area contributed by atoms with Crippen molar-refractivity contribution < 1.29 is 14.3 Å². The molecular formula is C16H17NO3. The molecule has 104 valence electrons. The fraction of sp³-hybridized carbons (Fsp3) is 0.188. The number of hydrogen-bond acceptors (Lipinski definition) is 4. The number of para-hydroxylation sites is 2. The Balaban J connectivity index is 1.70. The molecule has 2 rings (SSSR count). The zero-order valence-corrected chi connectivity index (χ0v) is 11.1. The normalized spacial score (nSPS) is 10.0. The Morgan fingerprint density at radius 2 is 1.70 bits per heavy atom. The second-order valence-electron chi connectivity index (χ2n) is 4.28. The van der Waals surface area contributed by atoms with Gasteiger partial charge in [0.2, 0.25) is 0 Å². The van der Waals surface area contributed by atoms with E-state index in [9.17, 15) is 4.79 Å². The number of esters is 1. The maximum atomic E-state index is 11.5. The Labute approximate surface area is 118 Å². The fourth-order valence-corrected chi connectivity index (χ4v) is 1.72. The van der Waals surface area contributed by atoms with Gasteiger partial charge in [-0.15, -0.1) is 0 Å². The molecule has 2 aromatic carbocycles. The minimum atomic E-state index is -0.399. The highest BCUT2D eigenvalue weighted by molar-refractivity contribution is 5.71. The first-order valence-electron chi connectivity index (χ1n) is 6.42. The Hall–Kier alpha value is -2.49. The summed E-state index contributed by atoms with van der Waals surface area (Å²) in [7, 11) is 0. The molecule has 0 aliphatic heterocycles. The van der Waals surface area contributed by atoms with E-state index in [-0.39, 0.29) is 6.61 Å². The van der Waals surface area contributed by atoms with Crippen molar-refractivity contribution in [3.63, 3.8) is 0 Å². The van der Waals surface area contributed by atoms with Gasteiger partial charge in [-0.3, -0.25) is 0 Å². The average molecular weight is 271 g/mol. The van der Waals surface area contributed by atoms with Crippen molar-refractivity contribution >= 4 is 11.7 Å². The molecule has 0 heterocycles. The van der Waals surface area contributed by atoms with E-state index in [0.29, 0.717) is 24.5 Å². The molecule has 4 heteroatoms. The van der Waals surface area contributed by atoms with Crippen molar-refractivity contribution in [3.05, 3.63) is 60.2 Å². The van der Waals surface area contributed by atoms with Crippen LogP contribution in [0.2, 0.25) is 0 Å². The Kier molecular flexibility index (Phi) is 5.00. The van der Waals surface area contributed by atoms with Crippen LogP contribution >= 0.6 is 0 Å². The zero-order chi connectivity index (χ0) is 14.2. The summed E-state index contributed by atoms with van der Waals surface area (Å²) in [6, 6.07) is 16.9. The van der Waals surface area contributed by atoms with Crippen LogP contribution in [-0.4, -0.2) is 19.2 Å². The van der Waals surface area contributed by atoms with Gasteiger partial charge in [0.25, 0.3) is 0 Å². The summed E-state index contributed by atoms with van der Waals surface area (Å²) in [5.41, 5.74) is 7.34. The molecule has 0 saturated heterocycles. The molecule has 20 heavy (non-hydrogen) atoms. The number of carbonyl (C=O) groups excluding carboxylic acids is 1. The van der Waals surface area contributed by atoms with E-state index < -0.39 is 5.97 Å². The highest BCUT2D eigenvalue weighted by Gasteiger charge is 2.06. The number of anilines is 1. The van der Waals surface area contributed by atoms with Crippen LogP contribution in [0.1, 0.15) is 5.56 Å². The molecule has 0 saturated carbocycles. The van der Waals surface area contributed by atoms with E-state index in [2.05, 4.69) is 0 Å². The summed E-state index contributed by atoms with van der Waals surface area (Å²) >= 11 is 0. The molecule has 0 amide bonds. The van der Waals surface area contributed by atoms with E-state index in [4.69, 9.17) is 15.2 Å². The van der Waals surface area contributed by atoms with E-state index in [0.717, 1.165) is 5.56 Å². The van der Waals surface area contributed by atoms with Crippen LogP contribution in [-0.2, 0) is 16.0 Å². The van der Waals surface area contributed by atoms with Crippen LogP contribution < -0.4 is 10.5 Å². The van der Waals surface area contributed by atoms with Crippen molar-refractivity contribution in [2.75, 3.05) is 18.9 Å². The lowest BCUT2D eigenvalue weighted by Crippen LogP contribution is -2.16. The predicted octanol–water partition coefficient (Wildman–Crippen LogP) is 2.43. The van der Waals surface area contributed by atoms with E-state index in [1.54, 1.807) is 24.3 Å². The molecule has 0 fully saturated rings. The maximum absolute atomic E-state index is 11.5. The lowest BCUT2D eigenvalue weighted by Gasteiger charge is -2.08. The van der Waals surface area contributed by atoms with Gasteiger partial charge in [-0.2, -0.15) is 0 Å². The molecule has 0 aliphatic carbocycles. The lowest BCUT2D eigenvalue weighted by atomic mass is 10.2. The molecule has 0 spiro atoms. The summed E-state index contributed by atoms with van der Waals surface area (Å²) in [4.78, 5) is 11.5. The van der Waals surface area contributed by atoms with E-state index >= 15 is 0 Å². The number of nitrogens with two attached hydrogens (primary N) is 1. The zero-order valence-electron chi connectivity index (χ0n) is 11.1. The van der Waals surface area contributed by atoms with Gasteiger partial charge in [-0.05, 0) is 17.7 Å². The van der Waals surface area contributed by atoms with Gasteiger partial charge >= 0.3 is 5.97 Å². The predicted molar refractivity (Wildman–Crippen MR) is 77.5 cm³/mol. The molecule has 0 unspecified atom stereocenters. The minimum Gasteiger partial charge on any atom is -0.480 e. The fourth-order valence-electron chi connectivity index (χ4n) is 1.72. The van der Waals surface area contributed by atoms with Crippen LogP contribution in [0.4, 0.5) is 5.69 Å². The minimum absolute atomic E-state index is 0.136. The van der Waals surface area contributed by atoms with Crippen LogP contribution in [0.5, 0.6) is 5.75 Å². The van der Waals surface area contributed by atoms with Gasteiger partial charge in [-0.1, -0.05) is 42.5 Å². The second-order valence-corrected chi connectivity index (χ2v) is 4.28. The van der Waals surface area contributed by atoms with Crippen molar-refractivity contribution in [2.45, 2.75) is 6.42 Å². The maximum Gasteiger partial charge on any atom is 0.344 e. The topological polar surface area (TPSA) is 61.5 Å². The summed E-state index contributed by atoms with van der Waals surface area (Å²) < 4.78 is 10.4. The highest BCUT2D eigenvalue weighted by Crippen LogP contribution is 2.19. The smallest absolute Gasteiger partial charge is 0.344 e. The monoisotopic (exact) mass is 271 g/mol. The molecule has 2 N–H and O–H groups in total. The Bertz CT molecular complexity index is 555. The van der Waals surface area contributed by atoms with Gasteiger partial charge in [0.05, 0.1) is 12.3 Å². The highest BCUT2D eigenvalue weighted by atomic mass is 16.6. The quantitative estimate of drug-likeness (QED) is 0.647. The van der Waals surface area contributed by atoms with Crippen LogP contribution in [0.25, 0.3) is 0 Å². The summed E-state index contributed by atoms with van der Waals surface area (Å²) in [6.07, 6.45) is 0.694. The van der Waals surface area contributed by atoms with E-state index in [1.807, 2.05) is 30.3 Å². The third-order valence-corrected chi connectivity index (χ3v) is 2.76. The number of benzene rings is 2. The van der Waals surface area contributed by atoms with Gasteiger partial charge in [0.15, 0.2) is 6.61 Å². The number of nitrogen functional groups attached to an aromatic ring is 1. The third kappa shape index (κ3) is 4.31. The number of carbonyl (C=O) groups is 1. The van der Waals surface area contributed by atoms with Crippen molar-refractivity contribution in [1.82, 2.24) is 0 Å². The molecule has 0 aliphatic rings. The van der Waals surface area contributed by atoms with Crippen LogP contribution in [0.3, 0.4) is 0 Å². The first-order valence-corrected chi connectivity index (χ1v) is 6.42.